The fraction of sp³-hybridized carbons (Fsp3) is 0.438. The van der Waals surface area contributed by atoms with E-state index in [2.05, 4.69) is 26.9 Å². The summed E-state index contributed by atoms with van der Waals surface area (Å²) >= 11 is 1.65. The van der Waals surface area contributed by atoms with Gasteiger partial charge in [-0.15, -0.1) is 11.3 Å². The maximum absolute atomic E-state index is 10.2. The van der Waals surface area contributed by atoms with Gasteiger partial charge in [-0.3, -0.25) is 9.80 Å². The van der Waals surface area contributed by atoms with Crippen molar-refractivity contribution in [3.63, 3.8) is 0 Å². The van der Waals surface area contributed by atoms with Crippen LogP contribution in [0.5, 0.6) is 0 Å². The quantitative estimate of drug-likeness (QED) is 0.810. The highest BCUT2D eigenvalue weighted by atomic mass is 32.1. The van der Waals surface area contributed by atoms with E-state index in [1.54, 1.807) is 11.3 Å². The summed E-state index contributed by atoms with van der Waals surface area (Å²) in [5.74, 6) is 0. The Balaban J connectivity index is 1.72. The Labute approximate surface area is 130 Å². The molecular formula is C16H23N3OS. The van der Waals surface area contributed by atoms with E-state index in [-0.39, 0.29) is 6.10 Å². The van der Waals surface area contributed by atoms with Crippen molar-refractivity contribution in [1.82, 2.24) is 14.8 Å². The minimum Gasteiger partial charge on any atom is -0.390 e. The predicted octanol–water partition coefficient (Wildman–Crippen LogP) is 2.07. The summed E-state index contributed by atoms with van der Waals surface area (Å²) in [7, 11) is 4.05. The number of thiazole rings is 1. The van der Waals surface area contributed by atoms with Gasteiger partial charge in [0.05, 0.1) is 12.6 Å². The van der Waals surface area contributed by atoms with E-state index in [4.69, 9.17) is 0 Å². The molecule has 0 aliphatic heterocycles. The van der Waals surface area contributed by atoms with Crippen LogP contribution in [0.2, 0.25) is 0 Å². The van der Waals surface area contributed by atoms with Crippen molar-refractivity contribution in [2.45, 2.75) is 19.2 Å². The van der Waals surface area contributed by atoms with Crippen LogP contribution in [0.1, 0.15) is 10.6 Å². The van der Waals surface area contributed by atoms with E-state index in [9.17, 15) is 5.11 Å². The van der Waals surface area contributed by atoms with Gasteiger partial charge >= 0.3 is 0 Å². The van der Waals surface area contributed by atoms with Crippen molar-refractivity contribution in [3.8, 4) is 0 Å². The highest BCUT2D eigenvalue weighted by Gasteiger charge is 2.12. The maximum atomic E-state index is 10.2. The number of aromatic nitrogens is 1. The van der Waals surface area contributed by atoms with E-state index >= 15 is 0 Å². The number of aliphatic hydroxyl groups is 1. The van der Waals surface area contributed by atoms with Gasteiger partial charge in [-0.2, -0.15) is 0 Å². The van der Waals surface area contributed by atoms with Crippen molar-refractivity contribution in [2.75, 3.05) is 27.2 Å². The average molecular weight is 305 g/mol. The van der Waals surface area contributed by atoms with E-state index in [0.29, 0.717) is 13.1 Å². The molecule has 1 unspecified atom stereocenters. The van der Waals surface area contributed by atoms with Crippen LogP contribution < -0.4 is 0 Å². The predicted molar refractivity (Wildman–Crippen MR) is 87.2 cm³/mol. The Bertz CT molecular complexity index is 504. The lowest BCUT2D eigenvalue weighted by atomic mass is 10.2. The average Bonchev–Trinajstić information content (AvgIpc) is 2.91. The molecule has 0 radical (unpaired) electrons. The third-order valence-electron chi connectivity index (χ3n) is 3.23. The molecule has 1 heterocycles. The number of aliphatic hydroxyl groups excluding tert-OH is 1. The topological polar surface area (TPSA) is 39.6 Å². The van der Waals surface area contributed by atoms with Crippen LogP contribution in [0, 0.1) is 0 Å². The zero-order valence-corrected chi connectivity index (χ0v) is 13.5. The Hall–Kier alpha value is -1.27. The van der Waals surface area contributed by atoms with E-state index in [0.717, 1.165) is 18.1 Å². The molecule has 4 nitrogen and oxygen atoms in total. The summed E-state index contributed by atoms with van der Waals surface area (Å²) in [5, 5.41) is 13.3. The standard InChI is InChI=1S/C16H23N3OS/c1-18(10-14-6-4-3-5-7-14)11-15(20)12-19(2)13-16-17-8-9-21-16/h3-9,15,20H,10-13H2,1-2H3. The fourth-order valence-corrected chi connectivity index (χ4v) is 3.06. The summed E-state index contributed by atoms with van der Waals surface area (Å²) in [6, 6.07) is 10.3. The third-order valence-corrected chi connectivity index (χ3v) is 3.99. The number of hydrogen-bond donors (Lipinski definition) is 1. The van der Waals surface area contributed by atoms with Gasteiger partial charge in [-0.1, -0.05) is 30.3 Å². The van der Waals surface area contributed by atoms with E-state index < -0.39 is 0 Å². The maximum Gasteiger partial charge on any atom is 0.107 e. The molecule has 5 heteroatoms. The number of hydrogen-bond acceptors (Lipinski definition) is 5. The van der Waals surface area contributed by atoms with Crippen LogP contribution in [0.4, 0.5) is 0 Å². The molecule has 1 atom stereocenters. The molecule has 1 N–H and O–H groups in total. The molecule has 2 rings (SSSR count). The van der Waals surface area contributed by atoms with Crippen LogP contribution in [0.25, 0.3) is 0 Å². The molecular weight excluding hydrogens is 282 g/mol. The minimum absolute atomic E-state index is 0.358. The Morgan fingerprint density at radius 1 is 1.10 bits per heavy atom. The van der Waals surface area contributed by atoms with E-state index in [1.165, 1.54) is 5.56 Å². The summed E-state index contributed by atoms with van der Waals surface area (Å²) in [6.45, 7) is 2.96. The van der Waals surface area contributed by atoms with Crippen molar-refractivity contribution >= 4 is 11.3 Å². The summed E-state index contributed by atoms with van der Waals surface area (Å²) < 4.78 is 0. The molecule has 0 aliphatic rings. The highest BCUT2D eigenvalue weighted by molar-refractivity contribution is 7.09. The second-order valence-electron chi connectivity index (χ2n) is 5.46. The first-order valence-electron chi connectivity index (χ1n) is 7.11. The van der Waals surface area contributed by atoms with Crippen molar-refractivity contribution < 1.29 is 5.11 Å². The molecule has 0 amide bonds. The zero-order chi connectivity index (χ0) is 15.1. The molecule has 0 bridgehead atoms. The molecule has 0 saturated carbocycles. The lowest BCUT2D eigenvalue weighted by molar-refractivity contribution is 0.0867. The minimum atomic E-state index is -0.358. The molecule has 21 heavy (non-hydrogen) atoms. The lowest BCUT2D eigenvalue weighted by Gasteiger charge is -2.24. The van der Waals surface area contributed by atoms with Gasteiger partial charge < -0.3 is 5.11 Å². The Morgan fingerprint density at radius 3 is 2.38 bits per heavy atom. The number of nitrogens with zero attached hydrogens (tertiary/aromatic N) is 3. The van der Waals surface area contributed by atoms with Crippen LogP contribution in [0.3, 0.4) is 0 Å². The Morgan fingerprint density at radius 2 is 1.76 bits per heavy atom. The second kappa shape index (κ2) is 8.24. The molecule has 114 valence electrons. The van der Waals surface area contributed by atoms with Crippen molar-refractivity contribution in [1.29, 1.82) is 0 Å². The zero-order valence-electron chi connectivity index (χ0n) is 12.6. The van der Waals surface area contributed by atoms with Gasteiger partial charge in [0.25, 0.3) is 0 Å². The summed E-state index contributed by atoms with van der Waals surface area (Å²) in [5.41, 5.74) is 1.27. The molecule has 2 aromatic rings. The normalized spacial score (nSPS) is 13.0. The first-order valence-corrected chi connectivity index (χ1v) is 7.99. The number of rotatable bonds is 8. The van der Waals surface area contributed by atoms with Gasteiger partial charge in [0.1, 0.15) is 5.01 Å². The number of benzene rings is 1. The number of likely N-dealkylation sites (N-methyl/N-ethyl adjacent to an activating group) is 2. The van der Waals surface area contributed by atoms with E-state index in [1.807, 2.05) is 43.9 Å². The Kier molecular flexibility index (Phi) is 6.32. The molecule has 0 spiro atoms. The van der Waals surface area contributed by atoms with Gasteiger partial charge in [-0.25, -0.2) is 4.98 Å². The van der Waals surface area contributed by atoms with Crippen LogP contribution >= 0.6 is 11.3 Å². The molecule has 0 fully saturated rings. The van der Waals surface area contributed by atoms with Gasteiger partial charge in [0, 0.05) is 31.2 Å². The fourth-order valence-electron chi connectivity index (χ4n) is 2.36. The summed E-state index contributed by atoms with van der Waals surface area (Å²) in [4.78, 5) is 8.53. The van der Waals surface area contributed by atoms with Gasteiger partial charge in [0.15, 0.2) is 0 Å². The molecule has 1 aromatic heterocycles. The summed E-state index contributed by atoms with van der Waals surface area (Å²) in [6.07, 6.45) is 1.46. The smallest absolute Gasteiger partial charge is 0.107 e. The molecule has 1 aromatic carbocycles. The molecule has 0 aliphatic carbocycles. The van der Waals surface area contributed by atoms with Crippen LogP contribution in [-0.2, 0) is 13.1 Å². The van der Waals surface area contributed by atoms with Crippen LogP contribution in [-0.4, -0.2) is 53.2 Å². The first-order chi connectivity index (χ1) is 10.1. The SMILES string of the molecule is CN(Cc1ccccc1)CC(O)CN(C)Cc1nccs1. The van der Waals surface area contributed by atoms with Crippen LogP contribution in [0.15, 0.2) is 41.9 Å². The van der Waals surface area contributed by atoms with Crippen molar-refractivity contribution in [3.05, 3.63) is 52.5 Å². The van der Waals surface area contributed by atoms with Gasteiger partial charge in [-0.05, 0) is 19.7 Å². The second-order valence-corrected chi connectivity index (χ2v) is 6.44. The highest BCUT2D eigenvalue weighted by Crippen LogP contribution is 2.08. The molecule has 0 saturated heterocycles. The monoisotopic (exact) mass is 305 g/mol. The largest absolute Gasteiger partial charge is 0.390 e. The van der Waals surface area contributed by atoms with Gasteiger partial charge in [0.2, 0.25) is 0 Å². The van der Waals surface area contributed by atoms with Crippen molar-refractivity contribution in [2.24, 2.45) is 0 Å². The lowest BCUT2D eigenvalue weighted by Crippen LogP contribution is -2.37. The third kappa shape index (κ3) is 5.93. The first kappa shape index (κ1) is 16.1.